The Morgan fingerprint density at radius 3 is 2.50 bits per heavy atom. The van der Waals surface area contributed by atoms with Gasteiger partial charge in [-0.2, -0.15) is 0 Å². The van der Waals surface area contributed by atoms with Gasteiger partial charge in [0.05, 0.1) is 11.5 Å². The second-order valence-electron chi connectivity index (χ2n) is 5.96. The van der Waals surface area contributed by atoms with E-state index >= 15 is 0 Å². The molecule has 8 heteroatoms. The van der Waals surface area contributed by atoms with Gasteiger partial charge >= 0.3 is 0 Å². The summed E-state index contributed by atoms with van der Waals surface area (Å²) in [5, 5.41) is 2.44. The van der Waals surface area contributed by atoms with E-state index in [-0.39, 0.29) is 47.4 Å². The normalized spacial score (nSPS) is 13.6. The van der Waals surface area contributed by atoms with Crippen LogP contribution in [0, 0.1) is 0 Å². The molecule has 28 heavy (non-hydrogen) atoms. The first-order chi connectivity index (χ1) is 13.5. The Kier molecular flexibility index (Phi) is 6.89. The highest BCUT2D eigenvalue weighted by atomic mass is 32.2. The van der Waals surface area contributed by atoms with Gasteiger partial charge in [-0.05, 0) is 18.2 Å². The van der Waals surface area contributed by atoms with Crippen molar-refractivity contribution in [2.45, 2.75) is 4.90 Å². The Hall–Kier alpha value is -2.58. The molecule has 1 saturated heterocycles. The molecule has 1 fully saturated rings. The topological polar surface area (TPSA) is 83.6 Å². The van der Waals surface area contributed by atoms with E-state index in [9.17, 15) is 19.2 Å². The van der Waals surface area contributed by atoms with Crippen molar-refractivity contribution in [3.63, 3.8) is 0 Å². The van der Waals surface area contributed by atoms with Gasteiger partial charge in [-0.15, -0.1) is 11.8 Å². The van der Waals surface area contributed by atoms with Crippen LogP contribution in [0.1, 0.15) is 20.7 Å². The number of amides is 3. The maximum absolute atomic E-state index is 12.3. The van der Waals surface area contributed by atoms with Crippen molar-refractivity contribution in [2.24, 2.45) is 0 Å². The van der Waals surface area contributed by atoms with Crippen molar-refractivity contribution in [1.82, 2.24) is 10.2 Å². The van der Waals surface area contributed by atoms with Crippen LogP contribution in [0.5, 0.6) is 0 Å². The lowest BCUT2D eigenvalue weighted by atomic mass is 10.2. The molecule has 2 aromatic rings. The summed E-state index contributed by atoms with van der Waals surface area (Å²) in [4.78, 5) is 49.5. The van der Waals surface area contributed by atoms with E-state index in [0.29, 0.717) is 11.1 Å². The molecular formula is C20H18N2O4S2. The molecule has 0 aliphatic carbocycles. The number of rotatable bonds is 8. The second-order valence-corrected chi connectivity index (χ2v) is 7.94. The summed E-state index contributed by atoms with van der Waals surface area (Å²) in [6.07, 6.45) is 0. The van der Waals surface area contributed by atoms with Gasteiger partial charge < -0.3 is 5.32 Å². The molecule has 0 spiro atoms. The quantitative estimate of drug-likeness (QED) is 0.528. The van der Waals surface area contributed by atoms with Crippen LogP contribution < -0.4 is 5.32 Å². The summed E-state index contributed by atoms with van der Waals surface area (Å²) >= 11 is 2.34. The molecule has 1 N–H and O–H groups in total. The number of nitrogens with one attached hydrogen (secondary N) is 1. The standard InChI is InChI=1S/C20H18N2O4S2/c23-17(14-5-2-1-3-6-14)12-27-16-8-4-7-15(11-16)19(25)21-9-10-22-18(24)13-28-20(22)26/h1-8,11H,9-10,12-13H2,(H,21,25). The maximum atomic E-state index is 12.3. The molecule has 0 saturated carbocycles. The SMILES string of the molecule is O=C(CSc1cccc(C(=O)NCCN2C(=O)CSC2=O)c1)c1ccccc1. The molecule has 1 aliphatic rings. The number of nitrogens with zero attached hydrogens (tertiary/aromatic N) is 1. The lowest BCUT2D eigenvalue weighted by molar-refractivity contribution is -0.124. The minimum absolute atomic E-state index is 0.0262. The van der Waals surface area contributed by atoms with Crippen molar-refractivity contribution in [2.75, 3.05) is 24.6 Å². The Labute approximate surface area is 171 Å². The van der Waals surface area contributed by atoms with Gasteiger partial charge in [-0.1, -0.05) is 48.2 Å². The monoisotopic (exact) mass is 414 g/mol. The highest BCUT2D eigenvalue weighted by Gasteiger charge is 2.29. The van der Waals surface area contributed by atoms with Gasteiger partial charge in [0.15, 0.2) is 5.78 Å². The number of carbonyl (C=O) groups is 4. The van der Waals surface area contributed by atoms with Crippen LogP contribution in [-0.4, -0.2) is 52.3 Å². The molecule has 6 nitrogen and oxygen atoms in total. The lowest BCUT2D eigenvalue weighted by Crippen LogP contribution is -2.37. The molecule has 1 heterocycles. The third-order valence-electron chi connectivity index (χ3n) is 4.02. The van der Waals surface area contributed by atoms with Crippen LogP contribution in [-0.2, 0) is 4.79 Å². The fourth-order valence-corrected chi connectivity index (χ4v) is 4.17. The first kappa shape index (κ1) is 20.2. The van der Waals surface area contributed by atoms with Crippen molar-refractivity contribution < 1.29 is 19.2 Å². The Morgan fingerprint density at radius 2 is 1.79 bits per heavy atom. The average molecular weight is 415 g/mol. The predicted molar refractivity (Wildman–Crippen MR) is 110 cm³/mol. The summed E-state index contributed by atoms with van der Waals surface area (Å²) in [7, 11) is 0. The van der Waals surface area contributed by atoms with Crippen LogP contribution >= 0.6 is 23.5 Å². The molecule has 0 bridgehead atoms. The fourth-order valence-electron chi connectivity index (χ4n) is 2.56. The van der Waals surface area contributed by atoms with E-state index in [2.05, 4.69) is 5.32 Å². The van der Waals surface area contributed by atoms with Crippen molar-refractivity contribution in [3.8, 4) is 0 Å². The number of thioether (sulfide) groups is 2. The number of ketones is 1. The van der Waals surface area contributed by atoms with Crippen LogP contribution in [0.4, 0.5) is 4.79 Å². The predicted octanol–water partition coefficient (Wildman–Crippen LogP) is 3.09. The highest BCUT2D eigenvalue weighted by molar-refractivity contribution is 8.14. The van der Waals surface area contributed by atoms with Crippen LogP contribution in [0.15, 0.2) is 59.5 Å². The van der Waals surface area contributed by atoms with Gasteiger partial charge in [-0.3, -0.25) is 24.1 Å². The van der Waals surface area contributed by atoms with Crippen molar-refractivity contribution in [3.05, 3.63) is 65.7 Å². The zero-order chi connectivity index (χ0) is 19.9. The number of benzene rings is 2. The smallest absolute Gasteiger partial charge is 0.288 e. The minimum Gasteiger partial charge on any atom is -0.350 e. The summed E-state index contributed by atoms with van der Waals surface area (Å²) < 4.78 is 0. The number of Topliss-reactive ketones (excluding diaryl/α,β-unsaturated/α-hetero) is 1. The Morgan fingerprint density at radius 1 is 1.04 bits per heavy atom. The fraction of sp³-hybridized carbons (Fsp3) is 0.200. The third kappa shape index (κ3) is 5.24. The number of hydrogen-bond acceptors (Lipinski definition) is 6. The Balaban J connectivity index is 1.51. The third-order valence-corrected chi connectivity index (χ3v) is 5.88. The first-order valence-electron chi connectivity index (χ1n) is 8.61. The minimum atomic E-state index is -0.288. The molecule has 144 valence electrons. The van der Waals surface area contributed by atoms with E-state index in [1.165, 1.54) is 11.8 Å². The van der Waals surface area contributed by atoms with Crippen LogP contribution in [0.25, 0.3) is 0 Å². The largest absolute Gasteiger partial charge is 0.350 e. The summed E-state index contributed by atoms with van der Waals surface area (Å²) in [5.74, 6) is -0.0488. The Bertz CT molecular complexity index is 886. The van der Waals surface area contributed by atoms with Gasteiger partial charge in [0.1, 0.15) is 0 Å². The number of imide groups is 1. The van der Waals surface area contributed by atoms with Gasteiger partial charge in [0, 0.05) is 29.1 Å². The molecule has 0 atom stereocenters. The van der Waals surface area contributed by atoms with Crippen molar-refractivity contribution >= 4 is 46.4 Å². The van der Waals surface area contributed by atoms with E-state index in [1.807, 2.05) is 24.3 Å². The first-order valence-corrected chi connectivity index (χ1v) is 10.6. The summed E-state index contributed by atoms with van der Waals surface area (Å²) in [6, 6.07) is 16.1. The number of carbonyl (C=O) groups excluding carboxylic acids is 4. The van der Waals surface area contributed by atoms with E-state index in [4.69, 9.17) is 0 Å². The molecule has 0 unspecified atom stereocenters. The van der Waals surface area contributed by atoms with Crippen molar-refractivity contribution in [1.29, 1.82) is 0 Å². The van der Waals surface area contributed by atoms with E-state index < -0.39 is 0 Å². The van der Waals surface area contributed by atoms with Gasteiger partial charge in [0.25, 0.3) is 11.1 Å². The molecule has 1 aliphatic heterocycles. The molecule has 3 rings (SSSR count). The summed E-state index contributed by atoms with van der Waals surface area (Å²) in [6.45, 7) is 0.358. The molecule has 0 radical (unpaired) electrons. The van der Waals surface area contributed by atoms with Crippen LogP contribution in [0.2, 0.25) is 0 Å². The molecule has 0 aromatic heterocycles. The highest BCUT2D eigenvalue weighted by Crippen LogP contribution is 2.21. The van der Waals surface area contributed by atoms with Crippen LogP contribution in [0.3, 0.4) is 0 Å². The van der Waals surface area contributed by atoms with Gasteiger partial charge in [-0.25, -0.2) is 0 Å². The van der Waals surface area contributed by atoms with E-state index in [0.717, 1.165) is 21.6 Å². The molecule has 2 aromatic carbocycles. The lowest BCUT2D eigenvalue weighted by Gasteiger charge is -2.13. The average Bonchev–Trinajstić information content (AvgIpc) is 3.05. The maximum Gasteiger partial charge on any atom is 0.288 e. The molecule has 3 amide bonds. The zero-order valence-corrected chi connectivity index (χ0v) is 16.6. The zero-order valence-electron chi connectivity index (χ0n) is 14.9. The summed E-state index contributed by atoms with van der Waals surface area (Å²) in [5.41, 5.74) is 1.12. The van der Waals surface area contributed by atoms with E-state index in [1.54, 1.807) is 30.3 Å². The van der Waals surface area contributed by atoms with Gasteiger partial charge in [0.2, 0.25) is 5.91 Å². The number of hydrogen-bond donors (Lipinski definition) is 1. The second kappa shape index (κ2) is 9.57. The molecular weight excluding hydrogens is 396 g/mol.